The Morgan fingerprint density at radius 2 is 1.95 bits per heavy atom. The first-order valence-corrected chi connectivity index (χ1v) is 14.1. The van der Waals surface area contributed by atoms with Crippen LogP contribution in [0, 0.1) is 0 Å². The third-order valence-electron chi connectivity index (χ3n) is 6.16. The Morgan fingerprint density at radius 1 is 1.10 bits per heavy atom. The van der Waals surface area contributed by atoms with Gasteiger partial charge in [0.2, 0.25) is 6.39 Å². The van der Waals surface area contributed by atoms with Crippen molar-refractivity contribution in [3.8, 4) is 11.5 Å². The van der Waals surface area contributed by atoms with Gasteiger partial charge < -0.3 is 28.5 Å². The fourth-order valence-corrected chi connectivity index (χ4v) is 5.31. The van der Waals surface area contributed by atoms with Gasteiger partial charge in [-0.2, -0.15) is 5.10 Å². The number of hydrogen-bond donors (Lipinski definition) is 2. The van der Waals surface area contributed by atoms with E-state index in [0.717, 1.165) is 23.1 Å². The second-order valence-electron chi connectivity index (χ2n) is 8.95. The van der Waals surface area contributed by atoms with Gasteiger partial charge in [0.05, 0.1) is 27.0 Å². The molecule has 1 amide bonds. The first-order chi connectivity index (χ1) is 20.3. The minimum Gasteiger partial charge on any atom is -0.496 e. The molecule has 0 atom stereocenters. The zero-order chi connectivity index (χ0) is 29.7. The average Bonchev–Trinajstić information content (AvgIpc) is 3.76. The fraction of sp³-hybridized carbons (Fsp3) is 0.269. The van der Waals surface area contributed by atoms with Crippen LogP contribution >= 0.6 is 0 Å². The maximum atomic E-state index is 13.6. The van der Waals surface area contributed by atoms with E-state index in [1.165, 1.54) is 20.3 Å². The molecule has 0 saturated heterocycles. The van der Waals surface area contributed by atoms with Gasteiger partial charge in [0, 0.05) is 18.3 Å². The Balaban J connectivity index is 1.39. The molecule has 0 aliphatic carbocycles. The molecule has 220 valence electrons. The summed E-state index contributed by atoms with van der Waals surface area (Å²) in [6, 6.07) is 8.33. The number of rotatable bonds is 12. The van der Waals surface area contributed by atoms with Gasteiger partial charge in [0.1, 0.15) is 21.8 Å². The molecule has 0 saturated carbocycles. The summed E-state index contributed by atoms with van der Waals surface area (Å²) in [5.41, 5.74) is 2.62. The number of sulfonamides is 1. The molecule has 3 heterocycles. The van der Waals surface area contributed by atoms with Gasteiger partial charge in [-0.05, 0) is 41.8 Å². The number of fused-ring (bicyclic) bond motifs is 1. The van der Waals surface area contributed by atoms with Gasteiger partial charge >= 0.3 is 6.09 Å². The number of anilines is 1. The molecule has 15 nitrogen and oxygen atoms in total. The van der Waals surface area contributed by atoms with Crippen LogP contribution in [0.3, 0.4) is 0 Å². The van der Waals surface area contributed by atoms with E-state index < -0.39 is 16.1 Å². The van der Waals surface area contributed by atoms with Crippen molar-refractivity contribution in [2.75, 3.05) is 18.9 Å². The summed E-state index contributed by atoms with van der Waals surface area (Å²) in [6.07, 6.45) is 4.62. The first-order valence-electron chi connectivity index (χ1n) is 12.6. The summed E-state index contributed by atoms with van der Waals surface area (Å²) in [6.45, 7) is 2.40. The molecule has 16 heteroatoms. The quantitative estimate of drug-likeness (QED) is 0.214. The number of aryl methyl sites for hydroxylation is 1. The van der Waals surface area contributed by atoms with Crippen LogP contribution in [0.4, 0.5) is 10.6 Å². The predicted molar refractivity (Wildman–Crippen MR) is 146 cm³/mol. The molecule has 0 bridgehead atoms. The number of methoxy groups -OCH3 is 2. The standard InChI is InChI=1S/C26H27N7O8S/c1-4-16-5-6-19(39-14-23-30-28-15-40-23)22(9-16)42(35,36)32-25-24-20(37-2)7-17(8-21(24)41-31-25)12-33-13-18(11-29-33)10-27-26(34)38-3/h5-9,11,13,15H,4,10,12,14H2,1-3H3,(H,27,34)(H,31,32). The number of ether oxygens (including phenoxy) is 3. The lowest BCUT2D eigenvalue weighted by molar-refractivity contribution is 0.170. The summed E-state index contributed by atoms with van der Waals surface area (Å²) < 4.78 is 57.8. The number of carbonyl (C=O) groups is 1. The van der Waals surface area contributed by atoms with Crippen molar-refractivity contribution in [3.05, 3.63) is 71.7 Å². The Labute approximate surface area is 239 Å². The van der Waals surface area contributed by atoms with Crippen molar-refractivity contribution in [1.29, 1.82) is 0 Å². The summed E-state index contributed by atoms with van der Waals surface area (Å²) in [4.78, 5) is 11.2. The highest BCUT2D eigenvalue weighted by molar-refractivity contribution is 7.92. The Hall–Kier alpha value is -5.12. The third kappa shape index (κ3) is 6.27. The number of carbonyl (C=O) groups excluding carboxylic acids is 1. The third-order valence-corrected chi connectivity index (χ3v) is 7.52. The molecule has 0 aliphatic heterocycles. The largest absolute Gasteiger partial charge is 0.496 e. The maximum absolute atomic E-state index is 13.6. The fourth-order valence-electron chi connectivity index (χ4n) is 4.11. The molecule has 0 aliphatic rings. The highest BCUT2D eigenvalue weighted by Crippen LogP contribution is 2.36. The van der Waals surface area contributed by atoms with Crippen LogP contribution in [0.1, 0.15) is 29.5 Å². The minimum atomic E-state index is -4.20. The number of benzene rings is 2. The number of nitrogens with one attached hydrogen (secondary N) is 2. The summed E-state index contributed by atoms with van der Waals surface area (Å²) >= 11 is 0. The molecular formula is C26H27N7O8S. The molecular weight excluding hydrogens is 570 g/mol. The smallest absolute Gasteiger partial charge is 0.407 e. The van der Waals surface area contributed by atoms with Crippen LogP contribution < -0.4 is 19.5 Å². The van der Waals surface area contributed by atoms with Gasteiger partial charge in [-0.1, -0.05) is 18.1 Å². The summed E-state index contributed by atoms with van der Waals surface area (Å²) in [5, 5.41) is 18.6. The summed E-state index contributed by atoms with van der Waals surface area (Å²) in [5.74, 6) is 0.586. The van der Waals surface area contributed by atoms with Crippen molar-refractivity contribution in [1.82, 2.24) is 30.5 Å². The first kappa shape index (κ1) is 28.4. The molecule has 5 rings (SSSR count). The number of aromatic nitrogens is 5. The van der Waals surface area contributed by atoms with Crippen LogP contribution in [0.5, 0.6) is 11.5 Å². The van der Waals surface area contributed by atoms with Gasteiger partial charge in [-0.3, -0.25) is 9.40 Å². The van der Waals surface area contributed by atoms with E-state index in [2.05, 4.69) is 35.2 Å². The molecule has 0 radical (unpaired) electrons. The van der Waals surface area contributed by atoms with E-state index in [4.69, 9.17) is 18.4 Å². The topological polar surface area (TPSA) is 186 Å². The Bertz CT molecular complexity index is 1800. The van der Waals surface area contributed by atoms with Crippen molar-refractivity contribution >= 4 is 32.9 Å². The molecule has 2 aromatic carbocycles. The Morgan fingerprint density at radius 3 is 2.69 bits per heavy atom. The van der Waals surface area contributed by atoms with Crippen LogP contribution in [0.2, 0.25) is 0 Å². The number of nitrogens with zero attached hydrogens (tertiary/aromatic N) is 5. The van der Waals surface area contributed by atoms with Gasteiger partial charge in [0.25, 0.3) is 15.9 Å². The summed E-state index contributed by atoms with van der Waals surface area (Å²) in [7, 11) is -1.45. The molecule has 2 N–H and O–H groups in total. The molecule has 42 heavy (non-hydrogen) atoms. The number of hydrogen-bond acceptors (Lipinski definition) is 12. The molecule has 0 unspecified atom stereocenters. The molecule has 0 spiro atoms. The van der Waals surface area contributed by atoms with Gasteiger partial charge in [-0.15, -0.1) is 10.2 Å². The van der Waals surface area contributed by atoms with E-state index in [0.29, 0.717) is 29.7 Å². The highest BCUT2D eigenvalue weighted by atomic mass is 32.2. The number of amides is 1. The lowest BCUT2D eigenvalue weighted by atomic mass is 10.1. The van der Waals surface area contributed by atoms with Crippen LogP contribution in [-0.4, -0.2) is 53.9 Å². The zero-order valence-electron chi connectivity index (χ0n) is 22.9. The van der Waals surface area contributed by atoms with Crippen LogP contribution in [0.25, 0.3) is 11.0 Å². The van der Waals surface area contributed by atoms with Crippen LogP contribution in [0.15, 0.2) is 63.0 Å². The minimum absolute atomic E-state index is 0.0478. The van der Waals surface area contributed by atoms with Gasteiger partial charge in [-0.25, -0.2) is 13.2 Å². The average molecular weight is 598 g/mol. The van der Waals surface area contributed by atoms with Crippen LogP contribution in [-0.2, 0) is 40.9 Å². The second kappa shape index (κ2) is 12.2. The van der Waals surface area contributed by atoms with Crippen molar-refractivity contribution in [3.63, 3.8) is 0 Å². The van der Waals surface area contributed by atoms with E-state index in [9.17, 15) is 13.2 Å². The lowest BCUT2D eigenvalue weighted by Gasteiger charge is -2.13. The molecule has 5 aromatic rings. The van der Waals surface area contributed by atoms with Gasteiger partial charge in [0.15, 0.2) is 18.0 Å². The van der Waals surface area contributed by atoms with Crippen molar-refractivity contribution in [2.24, 2.45) is 0 Å². The van der Waals surface area contributed by atoms with Crippen molar-refractivity contribution in [2.45, 2.75) is 37.9 Å². The van der Waals surface area contributed by atoms with E-state index in [1.54, 1.807) is 41.3 Å². The number of alkyl carbamates (subject to hydrolysis) is 1. The second-order valence-corrected chi connectivity index (χ2v) is 10.6. The van der Waals surface area contributed by atoms with E-state index in [1.807, 2.05) is 6.92 Å². The van der Waals surface area contributed by atoms with Crippen molar-refractivity contribution < 1.29 is 36.4 Å². The van der Waals surface area contributed by atoms with E-state index >= 15 is 0 Å². The predicted octanol–water partition coefficient (Wildman–Crippen LogP) is 3.26. The highest BCUT2D eigenvalue weighted by Gasteiger charge is 2.25. The maximum Gasteiger partial charge on any atom is 0.407 e. The molecule has 0 fully saturated rings. The lowest BCUT2D eigenvalue weighted by Crippen LogP contribution is -2.21. The molecule has 3 aromatic heterocycles. The monoisotopic (exact) mass is 597 g/mol. The zero-order valence-corrected chi connectivity index (χ0v) is 23.7. The Kier molecular flexibility index (Phi) is 8.24. The normalized spacial score (nSPS) is 11.4. The van der Waals surface area contributed by atoms with E-state index in [-0.39, 0.29) is 35.5 Å². The SMILES string of the molecule is CCc1ccc(OCc2nnco2)c(S(=O)(=O)Nc2noc3cc(Cn4cc(CNC(=O)OC)cn4)cc(OC)c23)c1.